The Hall–Kier alpha value is -1.08. The van der Waals surface area contributed by atoms with Crippen LogP contribution >= 0.6 is 22.9 Å². The first-order valence-electron chi connectivity index (χ1n) is 8.26. The zero-order chi connectivity index (χ0) is 17.9. The van der Waals surface area contributed by atoms with Crippen molar-refractivity contribution >= 4 is 22.9 Å². The summed E-state index contributed by atoms with van der Waals surface area (Å²) in [6, 6.07) is 9.83. The van der Waals surface area contributed by atoms with Crippen LogP contribution in [-0.2, 0) is 19.1 Å². The molecular weight excluding hydrogens is 369 g/mol. The molecule has 1 aliphatic rings. The first-order chi connectivity index (χ1) is 11.9. The maximum Gasteiger partial charge on any atom is 0.416 e. The molecule has 0 spiro atoms. The third-order valence-electron chi connectivity index (χ3n) is 4.49. The van der Waals surface area contributed by atoms with Crippen LogP contribution in [0.3, 0.4) is 0 Å². The van der Waals surface area contributed by atoms with E-state index in [4.69, 9.17) is 11.6 Å². The molecular formula is C18H20ClF3N2S. The van der Waals surface area contributed by atoms with Crippen LogP contribution in [0.25, 0.3) is 0 Å². The van der Waals surface area contributed by atoms with Gasteiger partial charge in [0, 0.05) is 44.1 Å². The molecule has 2 nitrogen and oxygen atoms in total. The van der Waals surface area contributed by atoms with E-state index in [1.165, 1.54) is 17.0 Å². The summed E-state index contributed by atoms with van der Waals surface area (Å²) in [7, 11) is 0. The fourth-order valence-electron chi connectivity index (χ4n) is 3.12. The first-order valence-corrected chi connectivity index (χ1v) is 9.45. The van der Waals surface area contributed by atoms with Crippen molar-refractivity contribution in [3.8, 4) is 0 Å². The maximum atomic E-state index is 13.0. The van der Waals surface area contributed by atoms with E-state index < -0.39 is 11.7 Å². The predicted octanol–water partition coefficient (Wildman–Crippen LogP) is 4.78. The fraction of sp³-hybridized carbons (Fsp3) is 0.444. The van der Waals surface area contributed by atoms with Crippen LogP contribution in [0, 0.1) is 0 Å². The minimum atomic E-state index is -4.28. The minimum absolute atomic E-state index is 0.380. The van der Waals surface area contributed by atoms with Gasteiger partial charge < -0.3 is 4.90 Å². The van der Waals surface area contributed by atoms with Gasteiger partial charge in [-0.3, -0.25) is 4.90 Å². The van der Waals surface area contributed by atoms with E-state index in [1.807, 2.05) is 12.1 Å². The molecule has 1 aromatic carbocycles. The zero-order valence-corrected chi connectivity index (χ0v) is 15.3. The highest BCUT2D eigenvalue weighted by Crippen LogP contribution is 2.32. The van der Waals surface area contributed by atoms with Crippen molar-refractivity contribution in [2.75, 3.05) is 32.7 Å². The molecule has 0 aliphatic carbocycles. The molecule has 2 heterocycles. The second-order valence-electron chi connectivity index (χ2n) is 6.23. The fourth-order valence-corrected chi connectivity index (χ4v) is 4.25. The van der Waals surface area contributed by atoms with Crippen molar-refractivity contribution in [3.63, 3.8) is 0 Å². The largest absolute Gasteiger partial charge is 0.416 e. The number of hydrogen-bond donors (Lipinski definition) is 0. The number of hydrogen-bond acceptors (Lipinski definition) is 3. The molecule has 0 radical (unpaired) electrons. The monoisotopic (exact) mass is 388 g/mol. The zero-order valence-electron chi connectivity index (χ0n) is 13.7. The lowest BCUT2D eigenvalue weighted by Crippen LogP contribution is -2.46. The van der Waals surface area contributed by atoms with Crippen molar-refractivity contribution in [1.82, 2.24) is 9.80 Å². The van der Waals surface area contributed by atoms with Gasteiger partial charge in [0.15, 0.2) is 0 Å². The minimum Gasteiger partial charge on any atom is -0.300 e. The second-order valence-corrected chi connectivity index (χ2v) is 8.03. The van der Waals surface area contributed by atoms with E-state index in [0.29, 0.717) is 18.5 Å². The molecule has 0 N–H and O–H groups in total. The normalized spacial score (nSPS) is 17.1. The van der Waals surface area contributed by atoms with Gasteiger partial charge in [-0.1, -0.05) is 29.8 Å². The van der Waals surface area contributed by atoms with Crippen LogP contribution in [0.15, 0.2) is 36.4 Å². The lowest BCUT2D eigenvalue weighted by molar-refractivity contribution is -0.138. The molecule has 1 saturated heterocycles. The van der Waals surface area contributed by atoms with Gasteiger partial charge in [0.25, 0.3) is 0 Å². The van der Waals surface area contributed by atoms with Gasteiger partial charge in [-0.2, -0.15) is 13.2 Å². The average Bonchev–Trinajstić information content (AvgIpc) is 2.98. The van der Waals surface area contributed by atoms with Gasteiger partial charge in [0.1, 0.15) is 0 Å². The summed E-state index contributed by atoms with van der Waals surface area (Å²) < 4.78 is 39.9. The molecule has 1 fully saturated rings. The topological polar surface area (TPSA) is 6.48 Å². The number of halogens is 4. The maximum absolute atomic E-state index is 13.0. The van der Waals surface area contributed by atoms with E-state index in [1.54, 1.807) is 23.5 Å². The molecule has 25 heavy (non-hydrogen) atoms. The van der Waals surface area contributed by atoms with Crippen molar-refractivity contribution in [3.05, 3.63) is 56.7 Å². The first kappa shape index (κ1) is 18.7. The highest BCUT2D eigenvalue weighted by Gasteiger charge is 2.32. The molecule has 136 valence electrons. The SMILES string of the molecule is FC(F)(F)c1ccccc1CCN1CCN(Cc2ccc(Cl)s2)CC1. The Morgan fingerprint density at radius 3 is 2.28 bits per heavy atom. The number of benzene rings is 1. The van der Waals surface area contributed by atoms with Crippen LogP contribution in [0.1, 0.15) is 16.0 Å². The van der Waals surface area contributed by atoms with Crippen LogP contribution in [-0.4, -0.2) is 42.5 Å². The predicted molar refractivity (Wildman–Crippen MR) is 96.2 cm³/mol. The van der Waals surface area contributed by atoms with Crippen LogP contribution in [0.2, 0.25) is 4.34 Å². The lowest BCUT2D eigenvalue weighted by atomic mass is 10.0. The number of rotatable bonds is 5. The van der Waals surface area contributed by atoms with Crippen molar-refractivity contribution in [2.45, 2.75) is 19.1 Å². The summed E-state index contributed by atoms with van der Waals surface area (Å²) in [4.78, 5) is 5.85. The molecule has 3 rings (SSSR count). The van der Waals surface area contributed by atoms with Gasteiger partial charge in [-0.05, 0) is 30.2 Å². The summed E-state index contributed by atoms with van der Waals surface area (Å²) in [6.45, 7) is 5.17. The van der Waals surface area contributed by atoms with E-state index in [9.17, 15) is 13.2 Å². The molecule has 0 bridgehead atoms. The Kier molecular flexibility index (Phi) is 6.04. The lowest BCUT2D eigenvalue weighted by Gasteiger charge is -2.34. The highest BCUT2D eigenvalue weighted by molar-refractivity contribution is 7.16. The van der Waals surface area contributed by atoms with E-state index in [-0.39, 0.29) is 0 Å². The summed E-state index contributed by atoms with van der Waals surface area (Å²) in [5.41, 5.74) is -0.131. The van der Waals surface area contributed by atoms with Gasteiger partial charge >= 0.3 is 6.18 Å². The molecule has 1 aromatic heterocycles. The summed E-state index contributed by atoms with van der Waals surface area (Å²) in [5, 5.41) is 0. The Labute approximate surface area is 154 Å². The Morgan fingerprint density at radius 1 is 0.960 bits per heavy atom. The molecule has 7 heteroatoms. The van der Waals surface area contributed by atoms with Crippen molar-refractivity contribution in [1.29, 1.82) is 0 Å². The highest BCUT2D eigenvalue weighted by atomic mass is 35.5. The quantitative estimate of drug-likeness (QED) is 0.727. The van der Waals surface area contributed by atoms with E-state index in [0.717, 1.165) is 37.1 Å². The number of piperazine rings is 1. The van der Waals surface area contributed by atoms with Gasteiger partial charge in [-0.15, -0.1) is 11.3 Å². The van der Waals surface area contributed by atoms with Crippen LogP contribution < -0.4 is 0 Å². The average molecular weight is 389 g/mol. The molecule has 1 aliphatic heterocycles. The standard InChI is InChI=1S/C18H20ClF3N2S/c19-17-6-5-15(25-17)13-24-11-9-23(10-12-24)8-7-14-3-1-2-4-16(14)18(20,21)22/h1-6H,7-13H2. The molecule has 0 atom stereocenters. The van der Waals surface area contributed by atoms with Crippen LogP contribution in [0.4, 0.5) is 13.2 Å². The molecule has 0 unspecified atom stereocenters. The third-order valence-corrected chi connectivity index (χ3v) is 5.71. The molecule has 2 aromatic rings. The Morgan fingerprint density at radius 2 is 1.64 bits per heavy atom. The molecule has 0 saturated carbocycles. The van der Waals surface area contributed by atoms with E-state index >= 15 is 0 Å². The van der Waals surface area contributed by atoms with E-state index in [2.05, 4.69) is 9.80 Å². The van der Waals surface area contributed by atoms with Gasteiger partial charge in [0.05, 0.1) is 9.90 Å². The number of alkyl halides is 3. The molecule has 0 amide bonds. The van der Waals surface area contributed by atoms with Gasteiger partial charge in [0.2, 0.25) is 0 Å². The van der Waals surface area contributed by atoms with Crippen molar-refractivity contribution in [2.24, 2.45) is 0 Å². The number of nitrogens with zero attached hydrogens (tertiary/aromatic N) is 2. The van der Waals surface area contributed by atoms with Crippen LogP contribution in [0.5, 0.6) is 0 Å². The van der Waals surface area contributed by atoms with Gasteiger partial charge in [-0.25, -0.2) is 0 Å². The summed E-state index contributed by atoms with van der Waals surface area (Å²) in [5.74, 6) is 0. The second kappa shape index (κ2) is 8.08. The smallest absolute Gasteiger partial charge is 0.300 e. The number of thiophene rings is 1. The Balaban J connectivity index is 1.48. The van der Waals surface area contributed by atoms with Crippen molar-refractivity contribution < 1.29 is 13.2 Å². The summed E-state index contributed by atoms with van der Waals surface area (Å²) in [6.07, 6.45) is -3.85. The third kappa shape index (κ3) is 5.20. The summed E-state index contributed by atoms with van der Waals surface area (Å²) >= 11 is 7.55. The Bertz CT molecular complexity index is 694.